The van der Waals surface area contributed by atoms with Gasteiger partial charge in [0, 0.05) is 0 Å². The predicted molar refractivity (Wildman–Crippen MR) is 71.0 cm³/mol. The Morgan fingerprint density at radius 3 is 2.65 bits per heavy atom. The molecule has 88 valence electrons. The Balaban J connectivity index is 2.23. The van der Waals surface area contributed by atoms with Crippen molar-refractivity contribution >= 4 is 18.4 Å². The van der Waals surface area contributed by atoms with E-state index in [1.165, 1.54) is 5.56 Å². The normalized spacial score (nSPS) is 11.2. The first-order chi connectivity index (χ1) is 8.20. The van der Waals surface area contributed by atoms with Crippen LogP contribution in [-0.4, -0.2) is 21.1 Å². The quantitative estimate of drug-likeness (QED) is 0.668. The Morgan fingerprint density at radius 1 is 1.41 bits per heavy atom. The van der Waals surface area contributed by atoms with Crippen molar-refractivity contribution in [2.24, 2.45) is 5.10 Å². The van der Waals surface area contributed by atoms with Gasteiger partial charge in [0.1, 0.15) is 5.82 Å². The summed E-state index contributed by atoms with van der Waals surface area (Å²) in [6, 6.07) is 8.29. The number of aromatic amines is 1. The summed E-state index contributed by atoms with van der Waals surface area (Å²) in [6.07, 6.45) is 2.82. The lowest BCUT2D eigenvalue weighted by Gasteiger charge is -1.97. The third-order valence-corrected chi connectivity index (χ3v) is 2.79. The van der Waals surface area contributed by atoms with Gasteiger partial charge in [0.2, 0.25) is 4.77 Å². The van der Waals surface area contributed by atoms with Gasteiger partial charge in [0.05, 0.1) is 6.21 Å². The van der Waals surface area contributed by atoms with Crippen molar-refractivity contribution in [2.45, 2.75) is 20.3 Å². The lowest BCUT2D eigenvalue weighted by Crippen LogP contribution is -1.93. The molecule has 0 bridgehead atoms. The van der Waals surface area contributed by atoms with Gasteiger partial charge in [-0.2, -0.15) is 14.9 Å². The monoisotopic (exact) mass is 246 g/mol. The van der Waals surface area contributed by atoms with Gasteiger partial charge < -0.3 is 0 Å². The zero-order valence-electron chi connectivity index (χ0n) is 9.84. The van der Waals surface area contributed by atoms with Gasteiger partial charge in [-0.25, -0.2) is 0 Å². The topological polar surface area (TPSA) is 46.0 Å². The molecule has 4 nitrogen and oxygen atoms in total. The third-order valence-electron chi connectivity index (χ3n) is 2.52. The smallest absolute Gasteiger partial charge is 0.216 e. The molecule has 1 aromatic heterocycles. The molecule has 2 aromatic rings. The van der Waals surface area contributed by atoms with Crippen molar-refractivity contribution in [3.63, 3.8) is 0 Å². The van der Waals surface area contributed by atoms with Gasteiger partial charge in [-0.15, -0.1) is 0 Å². The molecule has 0 unspecified atom stereocenters. The summed E-state index contributed by atoms with van der Waals surface area (Å²) in [4.78, 5) is 0. The van der Waals surface area contributed by atoms with Gasteiger partial charge in [-0.05, 0) is 36.7 Å². The summed E-state index contributed by atoms with van der Waals surface area (Å²) in [5.41, 5.74) is 2.36. The van der Waals surface area contributed by atoms with Crippen LogP contribution >= 0.6 is 12.2 Å². The number of hydrogen-bond acceptors (Lipinski definition) is 3. The van der Waals surface area contributed by atoms with Crippen LogP contribution in [0.3, 0.4) is 0 Å². The maximum atomic E-state index is 5.06. The molecule has 0 saturated heterocycles. The first-order valence-corrected chi connectivity index (χ1v) is 5.89. The van der Waals surface area contributed by atoms with Crippen LogP contribution in [0.4, 0.5) is 0 Å². The highest BCUT2D eigenvalue weighted by Gasteiger charge is 1.97. The van der Waals surface area contributed by atoms with E-state index in [-0.39, 0.29) is 0 Å². The zero-order valence-corrected chi connectivity index (χ0v) is 10.7. The minimum Gasteiger partial charge on any atom is -0.250 e. The van der Waals surface area contributed by atoms with E-state index in [4.69, 9.17) is 12.2 Å². The average molecular weight is 246 g/mol. The molecule has 1 aromatic carbocycles. The van der Waals surface area contributed by atoms with Crippen LogP contribution in [0.2, 0.25) is 0 Å². The zero-order chi connectivity index (χ0) is 12.3. The number of benzene rings is 1. The molecule has 5 heteroatoms. The molecular weight excluding hydrogens is 232 g/mol. The molecule has 0 amide bonds. The summed E-state index contributed by atoms with van der Waals surface area (Å²) in [5, 5.41) is 11.0. The lowest BCUT2D eigenvalue weighted by molar-refractivity contribution is 0.821. The first kappa shape index (κ1) is 11.7. The van der Waals surface area contributed by atoms with Crippen molar-refractivity contribution in [1.82, 2.24) is 14.9 Å². The van der Waals surface area contributed by atoms with Crippen LogP contribution in [0, 0.1) is 11.7 Å². The first-order valence-electron chi connectivity index (χ1n) is 5.48. The second kappa shape index (κ2) is 5.05. The van der Waals surface area contributed by atoms with E-state index in [9.17, 15) is 0 Å². The summed E-state index contributed by atoms with van der Waals surface area (Å²) < 4.78 is 2.10. The summed E-state index contributed by atoms with van der Waals surface area (Å²) in [6.45, 7) is 3.99. The Hall–Kier alpha value is -1.75. The van der Waals surface area contributed by atoms with E-state index in [1.807, 2.05) is 19.1 Å². The van der Waals surface area contributed by atoms with Gasteiger partial charge >= 0.3 is 0 Å². The van der Waals surface area contributed by atoms with Crippen molar-refractivity contribution in [2.75, 3.05) is 0 Å². The molecule has 0 aliphatic rings. The highest BCUT2D eigenvalue weighted by molar-refractivity contribution is 7.71. The van der Waals surface area contributed by atoms with E-state index >= 15 is 0 Å². The van der Waals surface area contributed by atoms with Gasteiger partial charge in [-0.1, -0.05) is 31.2 Å². The minimum atomic E-state index is 0.504. The fourth-order valence-electron chi connectivity index (χ4n) is 1.47. The second-order valence-electron chi connectivity index (χ2n) is 3.73. The standard InChI is InChI=1S/C12H14N4S/c1-3-10-4-6-11(7-5-10)8-13-16-9(2)14-15-12(16)17/h4-8H,3H2,1-2H3,(H,15,17). The largest absolute Gasteiger partial charge is 0.250 e. The number of aromatic nitrogens is 3. The van der Waals surface area contributed by atoms with Gasteiger partial charge in [-0.3, -0.25) is 5.10 Å². The van der Waals surface area contributed by atoms with E-state index < -0.39 is 0 Å². The van der Waals surface area contributed by atoms with Crippen molar-refractivity contribution in [3.8, 4) is 0 Å². The molecular formula is C12H14N4S. The Labute approximate surface area is 105 Å². The number of hydrogen-bond donors (Lipinski definition) is 1. The molecule has 1 heterocycles. The summed E-state index contributed by atoms with van der Waals surface area (Å²) in [5.74, 6) is 0.747. The van der Waals surface area contributed by atoms with Crippen molar-refractivity contribution in [1.29, 1.82) is 0 Å². The maximum absolute atomic E-state index is 5.06. The molecule has 1 N–H and O–H groups in total. The average Bonchev–Trinajstić information content (AvgIpc) is 2.67. The molecule has 2 rings (SSSR count). The van der Waals surface area contributed by atoms with Crippen LogP contribution in [0.1, 0.15) is 23.9 Å². The Bertz CT molecular complexity index is 577. The summed E-state index contributed by atoms with van der Waals surface area (Å²) in [7, 11) is 0. The fraction of sp³-hybridized carbons (Fsp3) is 0.250. The fourth-order valence-corrected chi connectivity index (χ4v) is 1.70. The van der Waals surface area contributed by atoms with Crippen LogP contribution in [0.25, 0.3) is 0 Å². The number of nitrogens with zero attached hydrogens (tertiary/aromatic N) is 3. The van der Waals surface area contributed by atoms with Crippen molar-refractivity contribution in [3.05, 3.63) is 46.0 Å². The van der Waals surface area contributed by atoms with Crippen molar-refractivity contribution < 1.29 is 0 Å². The molecule has 0 radical (unpaired) electrons. The van der Waals surface area contributed by atoms with Crippen LogP contribution in [0.5, 0.6) is 0 Å². The molecule has 0 atom stereocenters. The third kappa shape index (κ3) is 2.68. The molecule has 0 aliphatic carbocycles. The van der Waals surface area contributed by atoms with E-state index in [2.05, 4.69) is 34.4 Å². The summed E-state index contributed by atoms with van der Waals surface area (Å²) >= 11 is 5.06. The molecule has 0 saturated carbocycles. The Morgan fingerprint density at radius 2 is 2.12 bits per heavy atom. The number of nitrogens with one attached hydrogen (secondary N) is 1. The Kier molecular flexibility index (Phi) is 3.49. The lowest BCUT2D eigenvalue weighted by atomic mass is 10.1. The highest BCUT2D eigenvalue weighted by atomic mass is 32.1. The van der Waals surface area contributed by atoms with Gasteiger partial charge in [0.15, 0.2) is 0 Å². The number of H-pyrrole nitrogens is 1. The van der Waals surface area contributed by atoms with E-state index in [1.54, 1.807) is 10.9 Å². The molecule has 0 spiro atoms. The molecule has 17 heavy (non-hydrogen) atoms. The second-order valence-corrected chi connectivity index (χ2v) is 4.11. The molecule has 0 fully saturated rings. The van der Waals surface area contributed by atoms with Crippen LogP contribution in [0.15, 0.2) is 29.4 Å². The number of rotatable bonds is 3. The minimum absolute atomic E-state index is 0.504. The van der Waals surface area contributed by atoms with Gasteiger partial charge in [0.25, 0.3) is 0 Å². The van der Waals surface area contributed by atoms with Crippen LogP contribution < -0.4 is 0 Å². The number of aryl methyl sites for hydroxylation is 2. The van der Waals surface area contributed by atoms with E-state index in [0.717, 1.165) is 17.8 Å². The van der Waals surface area contributed by atoms with E-state index in [0.29, 0.717) is 4.77 Å². The molecule has 0 aliphatic heterocycles. The highest BCUT2D eigenvalue weighted by Crippen LogP contribution is 2.03. The SMILES string of the molecule is CCc1ccc(C=Nn2c(C)n[nH]c2=S)cc1. The predicted octanol–water partition coefficient (Wildman–Crippen LogP) is 2.69. The van der Waals surface area contributed by atoms with Crippen LogP contribution in [-0.2, 0) is 6.42 Å². The maximum Gasteiger partial charge on any atom is 0.216 e.